The molecule has 0 amide bonds. The third-order valence-corrected chi connectivity index (χ3v) is 3.55. The van der Waals surface area contributed by atoms with Gasteiger partial charge >= 0.3 is 11.1 Å². The minimum Gasteiger partial charge on any atom is -0.293 e. The molecule has 0 aliphatic carbocycles. The second kappa shape index (κ2) is 6.00. The molecule has 6 nitrogen and oxygen atoms in total. The summed E-state index contributed by atoms with van der Waals surface area (Å²) in [4.78, 5) is 37.4. The monoisotopic (exact) mass is 313 g/mol. The van der Waals surface area contributed by atoms with Crippen LogP contribution in [0.2, 0.25) is 0 Å². The van der Waals surface area contributed by atoms with Gasteiger partial charge in [0.2, 0.25) is 0 Å². The Labute approximate surface area is 120 Å². The van der Waals surface area contributed by atoms with E-state index in [0.717, 1.165) is 34.6 Å². The number of thioether (sulfide) groups is 1. The number of halogens is 2. The highest BCUT2D eigenvalue weighted by atomic mass is 32.2. The lowest BCUT2D eigenvalue weighted by atomic mass is 10.1. The molecule has 21 heavy (non-hydrogen) atoms. The maximum atomic E-state index is 13.4. The van der Waals surface area contributed by atoms with E-state index in [1.807, 2.05) is 0 Å². The Hall–Kier alpha value is -2.29. The van der Waals surface area contributed by atoms with E-state index in [4.69, 9.17) is 0 Å². The lowest BCUT2D eigenvalue weighted by Crippen LogP contribution is -2.34. The Morgan fingerprint density at radius 1 is 1.33 bits per heavy atom. The summed E-state index contributed by atoms with van der Waals surface area (Å²) in [6.07, 6.45) is 0. The summed E-state index contributed by atoms with van der Waals surface area (Å²) in [6, 6.07) is 3.12. The zero-order valence-corrected chi connectivity index (χ0v) is 11.5. The highest BCUT2D eigenvalue weighted by molar-refractivity contribution is 7.99. The molecule has 0 atom stereocenters. The lowest BCUT2D eigenvalue weighted by molar-refractivity contribution is 0.101. The largest absolute Gasteiger partial charge is 0.339 e. The second-order valence-electron chi connectivity index (χ2n) is 4.01. The van der Waals surface area contributed by atoms with Crippen LogP contribution >= 0.6 is 11.8 Å². The molecule has 0 bridgehead atoms. The molecule has 9 heteroatoms. The number of aromatic nitrogens is 3. The minimum absolute atomic E-state index is 0.0599. The van der Waals surface area contributed by atoms with Gasteiger partial charge in [0.05, 0.1) is 11.3 Å². The van der Waals surface area contributed by atoms with Crippen LogP contribution in [0.15, 0.2) is 32.9 Å². The number of nitrogens with zero attached hydrogens (tertiary/aromatic N) is 2. The maximum absolute atomic E-state index is 13.4. The topological polar surface area (TPSA) is 84.8 Å². The number of aryl methyl sites for hydroxylation is 1. The highest BCUT2D eigenvalue weighted by Crippen LogP contribution is 2.18. The molecule has 1 heterocycles. The lowest BCUT2D eigenvalue weighted by Gasteiger charge is -2.06. The fraction of sp³-hybridized carbons (Fsp3) is 0.167. The number of hydrogen-bond acceptors (Lipinski definition) is 5. The van der Waals surface area contributed by atoms with Gasteiger partial charge in [-0.3, -0.25) is 24.2 Å². The van der Waals surface area contributed by atoms with E-state index >= 15 is 0 Å². The first-order valence-corrected chi connectivity index (χ1v) is 6.66. The molecule has 0 aliphatic rings. The fourth-order valence-electron chi connectivity index (χ4n) is 1.56. The summed E-state index contributed by atoms with van der Waals surface area (Å²) < 4.78 is 28.0. The van der Waals surface area contributed by atoms with Gasteiger partial charge in [-0.1, -0.05) is 17.8 Å². The van der Waals surface area contributed by atoms with Gasteiger partial charge in [0.1, 0.15) is 11.6 Å². The summed E-state index contributed by atoms with van der Waals surface area (Å²) in [5, 5.41) is 2.26. The van der Waals surface area contributed by atoms with Crippen LogP contribution < -0.4 is 11.1 Å². The van der Waals surface area contributed by atoms with Crippen LogP contribution in [-0.2, 0) is 7.05 Å². The molecule has 0 spiro atoms. The first-order chi connectivity index (χ1) is 9.90. The Bertz CT molecular complexity index is 796. The maximum Gasteiger partial charge on any atom is 0.339 e. The molecule has 0 radical (unpaired) electrons. The number of benzene rings is 1. The quantitative estimate of drug-likeness (QED) is 0.511. The van der Waals surface area contributed by atoms with Gasteiger partial charge in [0.15, 0.2) is 10.9 Å². The van der Waals surface area contributed by atoms with Crippen LogP contribution in [0.4, 0.5) is 8.78 Å². The van der Waals surface area contributed by atoms with Crippen molar-refractivity contribution in [3.05, 3.63) is 56.1 Å². The summed E-state index contributed by atoms with van der Waals surface area (Å²) >= 11 is 0.789. The summed E-state index contributed by atoms with van der Waals surface area (Å²) in [7, 11) is 1.42. The number of nitrogens with one attached hydrogen (secondary N) is 1. The second-order valence-corrected chi connectivity index (χ2v) is 4.95. The normalized spacial score (nSPS) is 10.6. The van der Waals surface area contributed by atoms with E-state index in [1.165, 1.54) is 7.05 Å². The minimum atomic E-state index is -1.000. The zero-order chi connectivity index (χ0) is 15.6. The molecule has 1 N–H and O–H groups in total. The molecule has 1 aromatic carbocycles. The van der Waals surface area contributed by atoms with Crippen molar-refractivity contribution in [3.8, 4) is 0 Å². The molecule has 110 valence electrons. The molecular formula is C12H9F2N3O3S. The SMILES string of the molecule is Cn1[nH]c(=O)c(=O)nc1SCC(=O)c1c(F)cccc1F. The number of aromatic amines is 1. The van der Waals surface area contributed by atoms with E-state index < -0.39 is 34.1 Å². The van der Waals surface area contributed by atoms with Gasteiger partial charge in [-0.2, -0.15) is 4.98 Å². The first-order valence-electron chi connectivity index (χ1n) is 5.67. The third-order valence-electron chi connectivity index (χ3n) is 2.52. The molecule has 0 fully saturated rings. The summed E-state index contributed by atoms with van der Waals surface area (Å²) in [6.45, 7) is 0. The van der Waals surface area contributed by atoms with Crippen molar-refractivity contribution in [1.82, 2.24) is 14.8 Å². The van der Waals surface area contributed by atoms with Gasteiger partial charge in [0, 0.05) is 7.05 Å². The molecule has 2 rings (SSSR count). The van der Waals surface area contributed by atoms with Gasteiger partial charge in [-0.05, 0) is 12.1 Å². The molecule has 0 saturated heterocycles. The number of ketones is 1. The smallest absolute Gasteiger partial charge is 0.293 e. The van der Waals surface area contributed by atoms with Crippen molar-refractivity contribution in [3.63, 3.8) is 0 Å². The Kier molecular flexibility index (Phi) is 4.32. The molecule has 2 aromatic rings. The number of H-pyrrole nitrogens is 1. The van der Waals surface area contributed by atoms with E-state index in [1.54, 1.807) is 0 Å². The molecular weight excluding hydrogens is 304 g/mol. The van der Waals surface area contributed by atoms with Gasteiger partial charge < -0.3 is 0 Å². The highest BCUT2D eigenvalue weighted by Gasteiger charge is 2.18. The predicted octanol–water partition coefficient (Wildman–Crippen LogP) is 0.722. The van der Waals surface area contributed by atoms with Gasteiger partial charge in [-0.25, -0.2) is 8.78 Å². The zero-order valence-electron chi connectivity index (χ0n) is 10.7. The van der Waals surface area contributed by atoms with Crippen molar-refractivity contribution in [2.45, 2.75) is 5.16 Å². The van der Waals surface area contributed by atoms with Crippen LogP contribution in [0.25, 0.3) is 0 Å². The molecule has 0 saturated carbocycles. The Morgan fingerprint density at radius 2 is 1.95 bits per heavy atom. The number of Topliss-reactive ketones (excluding diaryl/α,β-unsaturated/α-hetero) is 1. The standard InChI is InChI=1S/C12H9F2N3O3S/c1-17-12(15-10(19)11(20)16-17)21-5-8(18)9-6(13)3-2-4-7(9)14/h2-4H,5H2,1H3,(H,16,20). The van der Waals surface area contributed by atoms with Crippen LogP contribution in [-0.4, -0.2) is 26.3 Å². The molecule has 1 aromatic heterocycles. The first kappa shape index (κ1) is 15.1. The number of rotatable bonds is 4. The van der Waals surface area contributed by atoms with E-state index in [9.17, 15) is 23.2 Å². The van der Waals surface area contributed by atoms with Crippen molar-refractivity contribution < 1.29 is 13.6 Å². The summed E-state index contributed by atoms with van der Waals surface area (Å²) in [5.74, 6) is -3.02. The van der Waals surface area contributed by atoms with Crippen molar-refractivity contribution in [2.75, 3.05) is 5.75 Å². The van der Waals surface area contributed by atoms with Crippen LogP contribution in [0.3, 0.4) is 0 Å². The average Bonchev–Trinajstić information content (AvgIpc) is 2.41. The van der Waals surface area contributed by atoms with Crippen molar-refractivity contribution in [1.29, 1.82) is 0 Å². The fourth-order valence-corrected chi connectivity index (χ4v) is 2.35. The van der Waals surface area contributed by atoms with Crippen molar-refractivity contribution >= 4 is 17.5 Å². The summed E-state index contributed by atoms with van der Waals surface area (Å²) in [5.41, 5.74) is -2.53. The van der Waals surface area contributed by atoms with Crippen LogP contribution in [0, 0.1) is 11.6 Å². The van der Waals surface area contributed by atoms with E-state index in [2.05, 4.69) is 10.1 Å². The number of carbonyl (C=O) groups excluding carboxylic acids is 1. The average molecular weight is 313 g/mol. The molecule has 0 aliphatic heterocycles. The third kappa shape index (κ3) is 3.24. The number of hydrogen-bond donors (Lipinski definition) is 1. The van der Waals surface area contributed by atoms with E-state index in [-0.39, 0.29) is 10.9 Å². The van der Waals surface area contributed by atoms with Crippen molar-refractivity contribution in [2.24, 2.45) is 7.05 Å². The van der Waals surface area contributed by atoms with E-state index in [0.29, 0.717) is 0 Å². The van der Waals surface area contributed by atoms with Gasteiger partial charge in [0.25, 0.3) is 0 Å². The number of carbonyl (C=O) groups is 1. The Morgan fingerprint density at radius 3 is 2.57 bits per heavy atom. The Balaban J connectivity index is 2.21. The van der Waals surface area contributed by atoms with Gasteiger partial charge in [-0.15, -0.1) is 0 Å². The van der Waals surface area contributed by atoms with Crippen LogP contribution in [0.1, 0.15) is 10.4 Å². The predicted molar refractivity (Wildman–Crippen MR) is 71.5 cm³/mol. The molecule has 0 unspecified atom stereocenters. The van der Waals surface area contributed by atoms with Crippen LogP contribution in [0.5, 0.6) is 0 Å².